The van der Waals surface area contributed by atoms with Crippen molar-refractivity contribution in [2.45, 2.75) is 6.42 Å². The maximum Gasteiger partial charge on any atom is 0.0181 e. The second-order valence-electron chi connectivity index (χ2n) is 6.71. The van der Waals surface area contributed by atoms with E-state index < -0.39 is 0 Å². The highest BCUT2D eigenvalue weighted by Gasteiger charge is 2.22. The fourth-order valence-electron chi connectivity index (χ4n) is 3.99. The largest absolute Gasteiger partial charge is 0.0716 e. The molecule has 0 fully saturated rings. The van der Waals surface area contributed by atoms with Crippen LogP contribution in [0.3, 0.4) is 0 Å². The average molecular weight is 397 g/mol. The van der Waals surface area contributed by atoms with E-state index in [2.05, 4.69) is 107 Å². The molecule has 0 saturated heterocycles. The first kappa shape index (κ1) is 15.6. The summed E-state index contributed by atoms with van der Waals surface area (Å²) >= 11 is 3.67. The van der Waals surface area contributed by atoms with Crippen molar-refractivity contribution in [2.24, 2.45) is 0 Å². The molecule has 0 aromatic heterocycles. The first-order valence-corrected chi connectivity index (χ1v) is 9.67. The molecule has 0 atom stereocenters. The zero-order valence-electron chi connectivity index (χ0n) is 14.2. The van der Waals surface area contributed by atoms with E-state index in [9.17, 15) is 0 Å². The number of hydrogen-bond donors (Lipinski definition) is 0. The molecule has 1 aliphatic rings. The molecule has 1 aliphatic carbocycles. The topological polar surface area (TPSA) is 0 Å². The molecule has 1 heteroatoms. The van der Waals surface area contributed by atoms with Crippen LogP contribution in [-0.2, 0) is 6.42 Å². The fraction of sp³-hybridized carbons (Fsp3) is 0.0400. The summed E-state index contributed by atoms with van der Waals surface area (Å²) < 4.78 is 1.12. The van der Waals surface area contributed by atoms with Gasteiger partial charge in [-0.3, -0.25) is 0 Å². The first-order valence-electron chi connectivity index (χ1n) is 8.88. The van der Waals surface area contributed by atoms with E-state index in [4.69, 9.17) is 0 Å². The van der Waals surface area contributed by atoms with Gasteiger partial charge in [-0.05, 0) is 62.7 Å². The summed E-state index contributed by atoms with van der Waals surface area (Å²) in [6.07, 6.45) is 3.37. The maximum atomic E-state index is 3.67. The summed E-state index contributed by atoms with van der Waals surface area (Å²) in [6, 6.07) is 30.5. The Hall–Kier alpha value is -2.64. The van der Waals surface area contributed by atoms with Crippen LogP contribution in [-0.4, -0.2) is 0 Å². The highest BCUT2D eigenvalue weighted by molar-refractivity contribution is 9.10. The van der Waals surface area contributed by atoms with E-state index in [0.29, 0.717) is 0 Å². The molecule has 0 radical (unpaired) electrons. The van der Waals surface area contributed by atoms with Gasteiger partial charge >= 0.3 is 0 Å². The molecule has 0 amide bonds. The molecule has 0 nitrogen and oxygen atoms in total. The Kier molecular flexibility index (Phi) is 3.76. The van der Waals surface area contributed by atoms with Crippen molar-refractivity contribution < 1.29 is 0 Å². The van der Waals surface area contributed by atoms with Gasteiger partial charge in [0.25, 0.3) is 0 Å². The van der Waals surface area contributed by atoms with E-state index in [0.717, 1.165) is 10.9 Å². The van der Waals surface area contributed by atoms with Crippen molar-refractivity contribution in [3.8, 4) is 11.1 Å². The SMILES string of the molecule is Brc1ccc2cc3c(c(-c4ccccc4)c2c1)C(c1ccccc1)=CC3. The third kappa shape index (κ3) is 2.51. The lowest BCUT2D eigenvalue weighted by Gasteiger charge is -2.17. The van der Waals surface area contributed by atoms with Crippen LogP contribution in [0.25, 0.3) is 27.5 Å². The van der Waals surface area contributed by atoms with Crippen molar-refractivity contribution in [3.05, 3.63) is 112 Å². The maximum absolute atomic E-state index is 3.67. The third-order valence-corrected chi connectivity index (χ3v) is 5.62. The van der Waals surface area contributed by atoms with Crippen LogP contribution in [0.2, 0.25) is 0 Å². The standard InChI is InChI=1S/C25H17Br/c26-21-13-11-19-15-20-12-14-22(17-7-3-1-4-8-17)25(20)24(23(19)16-21)18-9-5-2-6-10-18/h1-11,13-16H,12H2. The van der Waals surface area contributed by atoms with Gasteiger partial charge in [0, 0.05) is 4.47 Å². The number of fused-ring (bicyclic) bond motifs is 2. The fourth-order valence-corrected chi connectivity index (χ4v) is 4.35. The lowest BCUT2D eigenvalue weighted by Crippen LogP contribution is -1.94. The lowest BCUT2D eigenvalue weighted by molar-refractivity contribution is 1.32. The molecule has 124 valence electrons. The van der Waals surface area contributed by atoms with Crippen LogP contribution >= 0.6 is 15.9 Å². The monoisotopic (exact) mass is 396 g/mol. The Morgan fingerprint density at radius 1 is 0.654 bits per heavy atom. The van der Waals surface area contributed by atoms with E-state index in [1.807, 2.05) is 0 Å². The Morgan fingerprint density at radius 3 is 2.08 bits per heavy atom. The quantitative estimate of drug-likeness (QED) is 0.334. The van der Waals surface area contributed by atoms with Gasteiger partial charge < -0.3 is 0 Å². The highest BCUT2D eigenvalue weighted by Crippen LogP contribution is 2.44. The van der Waals surface area contributed by atoms with Gasteiger partial charge in [-0.1, -0.05) is 94.8 Å². The molecule has 0 heterocycles. The minimum atomic E-state index is 0.991. The second kappa shape index (κ2) is 6.26. The minimum Gasteiger partial charge on any atom is -0.0716 e. The number of allylic oxidation sites excluding steroid dienone is 1. The Labute approximate surface area is 161 Å². The van der Waals surface area contributed by atoms with Crippen molar-refractivity contribution in [2.75, 3.05) is 0 Å². The summed E-state index contributed by atoms with van der Waals surface area (Å²) in [5, 5.41) is 2.60. The molecule has 0 aliphatic heterocycles. The van der Waals surface area contributed by atoms with Gasteiger partial charge in [0.2, 0.25) is 0 Å². The molecular weight excluding hydrogens is 380 g/mol. The number of rotatable bonds is 2. The van der Waals surface area contributed by atoms with Crippen LogP contribution in [0.4, 0.5) is 0 Å². The summed E-state index contributed by atoms with van der Waals surface area (Å²) in [7, 11) is 0. The zero-order valence-corrected chi connectivity index (χ0v) is 15.8. The summed E-state index contributed by atoms with van der Waals surface area (Å²) in [6.45, 7) is 0. The van der Waals surface area contributed by atoms with E-state index in [1.165, 1.54) is 44.2 Å². The molecule has 4 aromatic rings. The molecule has 0 spiro atoms. The molecule has 0 saturated carbocycles. The van der Waals surface area contributed by atoms with Gasteiger partial charge in [-0.2, -0.15) is 0 Å². The van der Waals surface area contributed by atoms with Gasteiger partial charge in [0.1, 0.15) is 0 Å². The normalized spacial score (nSPS) is 12.9. The van der Waals surface area contributed by atoms with Crippen molar-refractivity contribution in [1.29, 1.82) is 0 Å². The molecule has 26 heavy (non-hydrogen) atoms. The predicted octanol–water partition coefficient (Wildman–Crippen LogP) is 7.26. The van der Waals surface area contributed by atoms with Gasteiger partial charge in [-0.15, -0.1) is 0 Å². The predicted molar refractivity (Wildman–Crippen MR) is 114 cm³/mol. The Balaban J connectivity index is 1.88. The van der Waals surface area contributed by atoms with Crippen molar-refractivity contribution in [1.82, 2.24) is 0 Å². The van der Waals surface area contributed by atoms with Crippen LogP contribution in [0.5, 0.6) is 0 Å². The molecular formula is C25H17Br. The summed E-state index contributed by atoms with van der Waals surface area (Å²) in [5.74, 6) is 0. The zero-order chi connectivity index (χ0) is 17.5. The van der Waals surface area contributed by atoms with Crippen molar-refractivity contribution in [3.63, 3.8) is 0 Å². The third-order valence-electron chi connectivity index (χ3n) is 5.13. The van der Waals surface area contributed by atoms with Crippen molar-refractivity contribution >= 4 is 32.3 Å². The lowest BCUT2D eigenvalue weighted by atomic mass is 9.87. The number of benzene rings is 4. The van der Waals surface area contributed by atoms with Crippen LogP contribution in [0.15, 0.2) is 95.5 Å². The minimum absolute atomic E-state index is 0.991. The van der Waals surface area contributed by atoms with Gasteiger partial charge in [0.05, 0.1) is 0 Å². The molecule has 0 N–H and O–H groups in total. The molecule has 0 bridgehead atoms. The Bertz CT molecular complexity index is 1140. The summed E-state index contributed by atoms with van der Waals surface area (Å²) in [4.78, 5) is 0. The van der Waals surface area contributed by atoms with Gasteiger partial charge in [0.15, 0.2) is 0 Å². The number of halogens is 1. The summed E-state index contributed by atoms with van der Waals surface area (Å²) in [5.41, 5.74) is 8.05. The Morgan fingerprint density at radius 2 is 1.35 bits per heavy atom. The first-order chi connectivity index (χ1) is 12.8. The highest BCUT2D eigenvalue weighted by atomic mass is 79.9. The smallest absolute Gasteiger partial charge is 0.0181 e. The van der Waals surface area contributed by atoms with Crippen LogP contribution in [0, 0.1) is 0 Å². The van der Waals surface area contributed by atoms with Crippen LogP contribution < -0.4 is 0 Å². The van der Waals surface area contributed by atoms with E-state index >= 15 is 0 Å². The van der Waals surface area contributed by atoms with E-state index in [1.54, 1.807) is 0 Å². The molecule has 4 aromatic carbocycles. The average Bonchev–Trinajstić information content (AvgIpc) is 3.11. The van der Waals surface area contributed by atoms with E-state index in [-0.39, 0.29) is 0 Å². The molecule has 0 unspecified atom stereocenters. The van der Waals surface area contributed by atoms with Gasteiger partial charge in [-0.25, -0.2) is 0 Å². The molecule has 5 rings (SSSR count). The second-order valence-corrected chi connectivity index (χ2v) is 7.62. The van der Waals surface area contributed by atoms with Crippen LogP contribution in [0.1, 0.15) is 16.7 Å². The number of hydrogen-bond acceptors (Lipinski definition) is 0.